The Bertz CT molecular complexity index is 416. The first-order chi connectivity index (χ1) is 8.48. The van der Waals surface area contributed by atoms with Crippen molar-refractivity contribution in [2.45, 2.75) is 37.8 Å². The zero-order valence-corrected chi connectivity index (χ0v) is 11.6. The van der Waals surface area contributed by atoms with Gasteiger partial charge in [0.2, 0.25) is 0 Å². The Kier molecular flexibility index (Phi) is 4.15. The Hall–Kier alpha value is -0.770. The van der Waals surface area contributed by atoms with Crippen molar-refractivity contribution in [1.29, 1.82) is 0 Å². The average molecular weight is 269 g/mol. The Labute approximate surface area is 114 Å². The van der Waals surface area contributed by atoms with Crippen LogP contribution in [0.15, 0.2) is 18.2 Å². The maximum absolute atomic E-state index is 10.4. The van der Waals surface area contributed by atoms with Gasteiger partial charge in [0, 0.05) is 23.8 Å². The molecule has 0 aliphatic heterocycles. The largest absolute Gasteiger partial charge is 0.399 e. The van der Waals surface area contributed by atoms with Gasteiger partial charge in [-0.2, -0.15) is 0 Å². The van der Waals surface area contributed by atoms with Crippen molar-refractivity contribution in [3.63, 3.8) is 0 Å². The molecule has 0 spiro atoms. The van der Waals surface area contributed by atoms with Gasteiger partial charge in [0.15, 0.2) is 0 Å². The maximum atomic E-state index is 10.4. The minimum atomic E-state index is -0.512. The van der Waals surface area contributed by atoms with Gasteiger partial charge in [-0.3, -0.25) is 4.90 Å². The number of likely N-dealkylation sites (N-methyl/N-ethyl adjacent to an activating group) is 1. The van der Waals surface area contributed by atoms with Crippen molar-refractivity contribution in [3.05, 3.63) is 28.8 Å². The molecule has 0 amide bonds. The first-order valence-electron chi connectivity index (χ1n) is 6.43. The zero-order valence-electron chi connectivity index (χ0n) is 10.8. The number of aliphatic hydroxyl groups is 1. The molecule has 2 rings (SSSR count). The standard InChI is InChI=1S/C14H21ClN2O/c1-17(10-14(18)6-2-3-7-14)9-11-8-12(16)4-5-13(11)15/h4-5,8,18H,2-3,6-7,9-10,16H2,1H3. The van der Waals surface area contributed by atoms with Gasteiger partial charge in [-0.25, -0.2) is 0 Å². The Morgan fingerprint density at radius 2 is 2.06 bits per heavy atom. The lowest BCUT2D eigenvalue weighted by Gasteiger charge is -2.28. The van der Waals surface area contributed by atoms with Crippen LogP contribution in [0.3, 0.4) is 0 Å². The molecule has 0 bridgehead atoms. The van der Waals surface area contributed by atoms with Crippen LogP contribution in [0.4, 0.5) is 5.69 Å². The molecule has 1 fully saturated rings. The van der Waals surface area contributed by atoms with Crippen LogP contribution >= 0.6 is 11.6 Å². The third-order valence-electron chi connectivity index (χ3n) is 3.61. The monoisotopic (exact) mass is 268 g/mol. The molecule has 18 heavy (non-hydrogen) atoms. The molecule has 100 valence electrons. The number of nitrogens with zero attached hydrogens (tertiary/aromatic N) is 1. The Morgan fingerprint density at radius 1 is 1.39 bits per heavy atom. The van der Waals surface area contributed by atoms with E-state index in [-0.39, 0.29) is 0 Å². The highest BCUT2D eigenvalue weighted by molar-refractivity contribution is 6.31. The topological polar surface area (TPSA) is 49.5 Å². The number of halogens is 1. The van der Waals surface area contributed by atoms with Crippen LogP contribution in [0, 0.1) is 0 Å². The molecule has 3 N–H and O–H groups in total. The number of nitrogens with two attached hydrogens (primary N) is 1. The van der Waals surface area contributed by atoms with Crippen LogP contribution in [0.5, 0.6) is 0 Å². The first-order valence-corrected chi connectivity index (χ1v) is 6.81. The van der Waals surface area contributed by atoms with E-state index in [9.17, 15) is 5.11 Å². The summed E-state index contributed by atoms with van der Waals surface area (Å²) in [6, 6.07) is 5.53. The van der Waals surface area contributed by atoms with E-state index in [0.29, 0.717) is 13.1 Å². The lowest BCUT2D eigenvalue weighted by molar-refractivity contribution is 0.0145. The normalized spacial score (nSPS) is 18.4. The second-order valence-corrected chi connectivity index (χ2v) is 5.86. The molecule has 0 saturated heterocycles. The Morgan fingerprint density at radius 3 is 2.72 bits per heavy atom. The fourth-order valence-electron chi connectivity index (χ4n) is 2.76. The summed E-state index contributed by atoms with van der Waals surface area (Å²) < 4.78 is 0. The van der Waals surface area contributed by atoms with Crippen LogP contribution in [0.2, 0.25) is 5.02 Å². The molecular formula is C14H21ClN2O. The number of benzene rings is 1. The van der Waals surface area contributed by atoms with Crippen molar-refractivity contribution in [3.8, 4) is 0 Å². The molecule has 0 atom stereocenters. The maximum Gasteiger partial charge on any atom is 0.0774 e. The highest BCUT2D eigenvalue weighted by atomic mass is 35.5. The molecule has 1 aromatic carbocycles. The quantitative estimate of drug-likeness (QED) is 0.826. The van der Waals surface area contributed by atoms with Gasteiger partial charge in [0.1, 0.15) is 0 Å². The summed E-state index contributed by atoms with van der Waals surface area (Å²) in [7, 11) is 2.01. The van der Waals surface area contributed by atoms with E-state index in [2.05, 4.69) is 4.90 Å². The summed E-state index contributed by atoms with van der Waals surface area (Å²) in [6.07, 6.45) is 4.07. The van der Waals surface area contributed by atoms with Crippen molar-refractivity contribution in [1.82, 2.24) is 4.90 Å². The highest BCUT2D eigenvalue weighted by Gasteiger charge is 2.32. The van der Waals surface area contributed by atoms with Gasteiger partial charge < -0.3 is 10.8 Å². The van der Waals surface area contributed by atoms with E-state index in [1.807, 2.05) is 19.2 Å². The zero-order chi connectivity index (χ0) is 13.2. The van der Waals surface area contributed by atoms with Gasteiger partial charge in [-0.05, 0) is 43.7 Å². The van der Waals surface area contributed by atoms with E-state index in [1.54, 1.807) is 6.07 Å². The molecule has 1 saturated carbocycles. The van der Waals surface area contributed by atoms with Crippen molar-refractivity contribution in [2.24, 2.45) is 0 Å². The lowest BCUT2D eigenvalue weighted by atomic mass is 10.0. The highest BCUT2D eigenvalue weighted by Crippen LogP contribution is 2.30. The number of rotatable bonds is 4. The van der Waals surface area contributed by atoms with Crippen LogP contribution < -0.4 is 5.73 Å². The predicted molar refractivity (Wildman–Crippen MR) is 75.6 cm³/mol. The van der Waals surface area contributed by atoms with E-state index >= 15 is 0 Å². The minimum absolute atomic E-state index is 0.512. The van der Waals surface area contributed by atoms with Gasteiger partial charge in [0.25, 0.3) is 0 Å². The van der Waals surface area contributed by atoms with E-state index in [4.69, 9.17) is 17.3 Å². The van der Waals surface area contributed by atoms with Gasteiger partial charge in [0.05, 0.1) is 5.60 Å². The number of hydrogen-bond acceptors (Lipinski definition) is 3. The minimum Gasteiger partial charge on any atom is -0.399 e. The fraction of sp³-hybridized carbons (Fsp3) is 0.571. The summed E-state index contributed by atoms with van der Waals surface area (Å²) in [4.78, 5) is 2.12. The summed E-state index contributed by atoms with van der Waals surface area (Å²) in [5.41, 5.74) is 6.99. The first kappa shape index (κ1) is 13.7. The van der Waals surface area contributed by atoms with E-state index in [0.717, 1.165) is 42.0 Å². The van der Waals surface area contributed by atoms with E-state index < -0.39 is 5.60 Å². The fourth-order valence-corrected chi connectivity index (χ4v) is 2.93. The summed E-state index contributed by atoms with van der Waals surface area (Å²) in [5.74, 6) is 0. The SMILES string of the molecule is CN(Cc1cc(N)ccc1Cl)CC1(O)CCCC1. The van der Waals surface area contributed by atoms with E-state index in [1.165, 1.54) is 0 Å². The third kappa shape index (κ3) is 3.37. The van der Waals surface area contributed by atoms with Crippen molar-refractivity contribution in [2.75, 3.05) is 19.3 Å². The van der Waals surface area contributed by atoms with Gasteiger partial charge >= 0.3 is 0 Å². The molecule has 0 unspecified atom stereocenters. The molecule has 0 aromatic heterocycles. The second kappa shape index (κ2) is 5.47. The number of anilines is 1. The summed E-state index contributed by atoms with van der Waals surface area (Å²) >= 11 is 6.15. The molecule has 1 aromatic rings. The molecule has 1 aliphatic carbocycles. The summed E-state index contributed by atoms with van der Waals surface area (Å²) in [5, 5.41) is 11.1. The molecule has 4 heteroatoms. The van der Waals surface area contributed by atoms with Crippen LogP contribution in [-0.2, 0) is 6.54 Å². The predicted octanol–water partition coefficient (Wildman–Crippen LogP) is 2.66. The van der Waals surface area contributed by atoms with Crippen LogP contribution in [0.25, 0.3) is 0 Å². The van der Waals surface area contributed by atoms with Crippen LogP contribution in [0.1, 0.15) is 31.2 Å². The smallest absolute Gasteiger partial charge is 0.0774 e. The Balaban J connectivity index is 1.98. The molecule has 1 aliphatic rings. The molecule has 0 radical (unpaired) electrons. The second-order valence-electron chi connectivity index (χ2n) is 5.45. The van der Waals surface area contributed by atoms with Gasteiger partial charge in [-0.1, -0.05) is 24.4 Å². The average Bonchev–Trinajstić information content (AvgIpc) is 2.70. The molecular weight excluding hydrogens is 248 g/mol. The molecule has 3 nitrogen and oxygen atoms in total. The summed E-state index contributed by atoms with van der Waals surface area (Å²) in [6.45, 7) is 1.41. The van der Waals surface area contributed by atoms with Crippen molar-refractivity contribution >= 4 is 17.3 Å². The van der Waals surface area contributed by atoms with Crippen LogP contribution in [-0.4, -0.2) is 29.2 Å². The molecule has 0 heterocycles. The number of hydrogen-bond donors (Lipinski definition) is 2. The van der Waals surface area contributed by atoms with Crippen molar-refractivity contribution < 1.29 is 5.11 Å². The third-order valence-corrected chi connectivity index (χ3v) is 3.98. The number of nitrogen functional groups attached to an aromatic ring is 1. The lowest BCUT2D eigenvalue weighted by Crippen LogP contribution is -2.38. The van der Waals surface area contributed by atoms with Gasteiger partial charge in [-0.15, -0.1) is 0 Å².